The Morgan fingerprint density at radius 2 is 1.91 bits per heavy atom. The van der Waals surface area contributed by atoms with E-state index in [0.717, 1.165) is 5.56 Å². The molecule has 35 heavy (non-hydrogen) atoms. The molecule has 4 rings (SSSR count). The Labute approximate surface area is 205 Å². The first-order valence-electron chi connectivity index (χ1n) is 12.0. The quantitative estimate of drug-likeness (QED) is 0.482. The maximum Gasteiger partial charge on any atom is 0.264 e. The number of anilines is 2. The fourth-order valence-electron chi connectivity index (χ4n) is 5.72. The van der Waals surface area contributed by atoms with Gasteiger partial charge in [-0.05, 0) is 51.0 Å². The Morgan fingerprint density at radius 1 is 1.23 bits per heavy atom. The van der Waals surface area contributed by atoms with Gasteiger partial charge in [0.2, 0.25) is 0 Å². The Kier molecular flexibility index (Phi) is 6.76. The van der Waals surface area contributed by atoms with Crippen LogP contribution in [-0.4, -0.2) is 51.5 Å². The molecule has 0 aromatic heterocycles. The van der Waals surface area contributed by atoms with E-state index in [-0.39, 0.29) is 18.9 Å². The van der Waals surface area contributed by atoms with Crippen molar-refractivity contribution in [3.8, 4) is 0 Å². The number of carbonyl (C=O) groups is 2. The minimum atomic E-state index is -1.39. The van der Waals surface area contributed by atoms with E-state index >= 15 is 0 Å². The fourth-order valence-corrected chi connectivity index (χ4v) is 5.72. The molecule has 2 amide bonds. The van der Waals surface area contributed by atoms with Crippen LogP contribution in [0.3, 0.4) is 0 Å². The van der Waals surface area contributed by atoms with Crippen LogP contribution < -0.4 is 10.2 Å². The number of carbonyl (C=O) groups excluding carboxylic acids is 2. The van der Waals surface area contributed by atoms with Gasteiger partial charge in [0.25, 0.3) is 11.8 Å². The molecule has 2 heterocycles. The molecule has 5 atom stereocenters. The highest BCUT2D eigenvalue weighted by Crippen LogP contribution is 2.58. The smallest absolute Gasteiger partial charge is 0.264 e. The lowest BCUT2D eigenvalue weighted by Crippen LogP contribution is -2.46. The van der Waals surface area contributed by atoms with Crippen LogP contribution in [0.5, 0.6) is 0 Å². The molecule has 0 aliphatic carbocycles. The second-order valence-corrected chi connectivity index (χ2v) is 10.1. The van der Waals surface area contributed by atoms with Gasteiger partial charge in [-0.3, -0.25) is 9.59 Å². The number of ether oxygens (including phenoxy) is 1. The molecular weight excluding hydrogens is 448 g/mol. The van der Waals surface area contributed by atoms with Crippen molar-refractivity contribution < 1.29 is 29.6 Å². The Bertz CT molecular complexity index is 1100. The molecule has 2 aliphatic rings. The van der Waals surface area contributed by atoms with E-state index in [0.29, 0.717) is 23.5 Å². The molecule has 188 valence electrons. The van der Waals surface area contributed by atoms with E-state index in [2.05, 4.69) is 5.32 Å². The summed E-state index contributed by atoms with van der Waals surface area (Å²) in [6.07, 6.45) is -1.46. The average molecular weight is 483 g/mol. The normalized spacial score (nSPS) is 26.8. The largest absolute Gasteiger partial charge is 0.396 e. The second-order valence-electron chi connectivity index (χ2n) is 10.1. The molecule has 1 spiro atoms. The molecule has 0 saturated carbocycles. The van der Waals surface area contributed by atoms with Crippen LogP contribution in [-0.2, 0) is 26.5 Å². The maximum atomic E-state index is 14.2. The Hall–Kier alpha value is -2.78. The number of benzene rings is 2. The molecule has 8 nitrogen and oxygen atoms in total. The summed E-state index contributed by atoms with van der Waals surface area (Å²) in [5.41, 5.74) is 0.106. The average Bonchev–Trinajstić information content (AvgIpc) is 3.22. The van der Waals surface area contributed by atoms with Crippen molar-refractivity contribution in [2.75, 3.05) is 16.8 Å². The third kappa shape index (κ3) is 4.36. The van der Waals surface area contributed by atoms with Crippen molar-refractivity contribution >= 4 is 23.2 Å². The molecule has 2 aromatic carbocycles. The van der Waals surface area contributed by atoms with Crippen LogP contribution in [0, 0.1) is 11.8 Å². The second kappa shape index (κ2) is 9.35. The van der Waals surface area contributed by atoms with Crippen LogP contribution in [0.1, 0.15) is 45.2 Å². The van der Waals surface area contributed by atoms with Crippen molar-refractivity contribution in [3.63, 3.8) is 0 Å². The van der Waals surface area contributed by atoms with Gasteiger partial charge in [-0.25, -0.2) is 0 Å². The first kappa shape index (κ1) is 25.3. The molecular formula is C27H34N2O6. The predicted octanol–water partition coefficient (Wildman–Crippen LogP) is 2.55. The van der Waals surface area contributed by atoms with Crippen LogP contribution in [0.15, 0.2) is 48.5 Å². The number of hydrogen-bond donors (Lipinski definition) is 4. The van der Waals surface area contributed by atoms with Crippen molar-refractivity contribution in [2.24, 2.45) is 11.8 Å². The molecule has 1 saturated heterocycles. The number of aliphatic hydroxyl groups excluding tert-OH is 2. The minimum Gasteiger partial charge on any atom is -0.396 e. The predicted molar refractivity (Wildman–Crippen MR) is 132 cm³/mol. The number of rotatable bonds is 7. The lowest BCUT2D eigenvalue weighted by molar-refractivity contribution is -0.146. The zero-order chi connectivity index (χ0) is 25.5. The summed E-state index contributed by atoms with van der Waals surface area (Å²) in [7, 11) is 0. The van der Waals surface area contributed by atoms with E-state index in [1.807, 2.05) is 37.3 Å². The van der Waals surface area contributed by atoms with Crippen molar-refractivity contribution in [2.45, 2.75) is 64.1 Å². The zero-order valence-electron chi connectivity index (χ0n) is 20.6. The number of nitrogens with one attached hydrogen (secondary N) is 1. The SMILES string of the molecule is C[C@H](O)C(=O)Nc1ccc2c(c1)[C@@]1(O[C@H](CCO)[C@@H](C(C)(C)O)[C@@H]1C)C(=O)N2Cc1ccccc1. The Balaban J connectivity index is 1.84. The lowest BCUT2D eigenvalue weighted by atomic mass is 9.71. The highest BCUT2D eigenvalue weighted by Gasteiger charge is 2.65. The number of aliphatic hydroxyl groups is 3. The van der Waals surface area contributed by atoms with Crippen molar-refractivity contribution in [1.82, 2.24) is 0 Å². The van der Waals surface area contributed by atoms with Gasteiger partial charge in [0.1, 0.15) is 6.10 Å². The zero-order valence-corrected chi connectivity index (χ0v) is 20.6. The van der Waals surface area contributed by atoms with Crippen molar-refractivity contribution in [1.29, 1.82) is 0 Å². The molecule has 0 unspecified atom stereocenters. The molecule has 8 heteroatoms. The van der Waals surface area contributed by atoms with Gasteiger partial charge in [-0.1, -0.05) is 37.3 Å². The van der Waals surface area contributed by atoms with E-state index in [1.54, 1.807) is 36.9 Å². The molecule has 0 radical (unpaired) electrons. The summed E-state index contributed by atoms with van der Waals surface area (Å²) in [5, 5.41) is 33.1. The third-order valence-corrected chi connectivity index (χ3v) is 7.23. The van der Waals surface area contributed by atoms with Gasteiger partial charge >= 0.3 is 0 Å². The lowest BCUT2D eigenvalue weighted by Gasteiger charge is -2.34. The van der Waals surface area contributed by atoms with Crippen LogP contribution in [0.25, 0.3) is 0 Å². The van der Waals surface area contributed by atoms with Crippen LogP contribution in [0.2, 0.25) is 0 Å². The van der Waals surface area contributed by atoms with E-state index in [9.17, 15) is 24.9 Å². The number of amides is 2. The highest BCUT2D eigenvalue weighted by molar-refractivity contribution is 6.08. The monoisotopic (exact) mass is 482 g/mol. The van der Waals surface area contributed by atoms with Crippen LogP contribution in [0.4, 0.5) is 11.4 Å². The first-order chi connectivity index (χ1) is 16.5. The van der Waals surface area contributed by atoms with Gasteiger partial charge in [0, 0.05) is 29.7 Å². The highest BCUT2D eigenvalue weighted by atomic mass is 16.5. The molecule has 0 bridgehead atoms. The molecule has 1 fully saturated rings. The topological polar surface area (TPSA) is 119 Å². The summed E-state index contributed by atoms with van der Waals surface area (Å²) in [4.78, 5) is 28.0. The standard InChI is InChI=1S/C27H34N2O6/c1-16-23(26(3,4)34)22(12-13-30)35-27(16)20-14-19(28-24(32)17(2)31)10-11-21(20)29(25(27)33)15-18-8-6-5-7-9-18/h5-11,14,16-17,22-23,30-31,34H,12-13,15H2,1-4H3,(H,28,32)/t16-,17-,22+,23-,27+/m0/s1. The molecule has 2 aromatic rings. The third-order valence-electron chi connectivity index (χ3n) is 7.23. The summed E-state index contributed by atoms with van der Waals surface area (Å²) in [6, 6.07) is 14.8. The van der Waals surface area contributed by atoms with Gasteiger partial charge < -0.3 is 30.3 Å². The number of nitrogens with zero attached hydrogens (tertiary/aromatic N) is 1. The van der Waals surface area contributed by atoms with E-state index < -0.39 is 41.2 Å². The van der Waals surface area contributed by atoms with E-state index in [4.69, 9.17) is 4.74 Å². The maximum absolute atomic E-state index is 14.2. The summed E-state index contributed by atoms with van der Waals surface area (Å²) < 4.78 is 6.54. The molecule has 2 aliphatic heterocycles. The van der Waals surface area contributed by atoms with Gasteiger partial charge in [-0.15, -0.1) is 0 Å². The summed E-state index contributed by atoms with van der Waals surface area (Å²) in [5.74, 6) is -1.64. The first-order valence-corrected chi connectivity index (χ1v) is 12.0. The Morgan fingerprint density at radius 3 is 2.51 bits per heavy atom. The fraction of sp³-hybridized carbons (Fsp3) is 0.481. The number of hydrogen-bond acceptors (Lipinski definition) is 6. The van der Waals surface area contributed by atoms with Crippen molar-refractivity contribution in [3.05, 3.63) is 59.7 Å². The summed E-state index contributed by atoms with van der Waals surface area (Å²) in [6.45, 7) is 6.87. The molecule has 4 N–H and O–H groups in total. The van der Waals surface area contributed by atoms with Gasteiger partial charge in [-0.2, -0.15) is 0 Å². The number of fused-ring (bicyclic) bond motifs is 2. The summed E-state index contributed by atoms with van der Waals surface area (Å²) >= 11 is 0. The van der Waals surface area contributed by atoms with Gasteiger partial charge in [0.05, 0.1) is 23.9 Å². The van der Waals surface area contributed by atoms with E-state index in [1.165, 1.54) is 6.92 Å². The van der Waals surface area contributed by atoms with Gasteiger partial charge in [0.15, 0.2) is 5.60 Å². The van der Waals surface area contributed by atoms with Crippen LogP contribution >= 0.6 is 0 Å². The minimum absolute atomic E-state index is 0.140.